The first kappa shape index (κ1) is 11.1. The van der Waals surface area contributed by atoms with E-state index in [2.05, 4.69) is 16.4 Å². The standard InChI is InChI=1S/C5H12N2O2S2/c6-3-1-2-4(8)5(9)7-11-10/h4,8,10H,1-3,6H2,(H,7,9). The Morgan fingerprint density at radius 2 is 2.45 bits per heavy atom. The van der Waals surface area contributed by atoms with Gasteiger partial charge in [-0.1, -0.05) is 11.7 Å². The van der Waals surface area contributed by atoms with Crippen LogP contribution in [-0.4, -0.2) is 23.7 Å². The average molecular weight is 196 g/mol. The van der Waals surface area contributed by atoms with E-state index in [-0.39, 0.29) is 0 Å². The first-order valence-electron chi connectivity index (χ1n) is 3.20. The van der Waals surface area contributed by atoms with E-state index in [1.54, 1.807) is 0 Å². The molecular weight excluding hydrogens is 184 g/mol. The number of carbonyl (C=O) groups excluding carboxylic acids is 1. The third-order valence-corrected chi connectivity index (χ3v) is 1.70. The summed E-state index contributed by atoms with van der Waals surface area (Å²) < 4.78 is 2.31. The quantitative estimate of drug-likeness (QED) is 0.276. The van der Waals surface area contributed by atoms with E-state index in [0.29, 0.717) is 19.4 Å². The number of carbonyl (C=O) groups is 1. The van der Waals surface area contributed by atoms with Gasteiger partial charge >= 0.3 is 0 Å². The first-order chi connectivity index (χ1) is 5.22. The Labute approximate surface area is 74.9 Å². The van der Waals surface area contributed by atoms with Gasteiger partial charge in [0.15, 0.2) is 0 Å². The van der Waals surface area contributed by atoms with Crippen LogP contribution in [0.3, 0.4) is 0 Å². The van der Waals surface area contributed by atoms with Crippen LogP contribution in [-0.2, 0) is 4.79 Å². The molecule has 66 valence electrons. The van der Waals surface area contributed by atoms with Gasteiger partial charge in [-0.05, 0) is 19.4 Å². The molecule has 0 saturated heterocycles. The van der Waals surface area contributed by atoms with Crippen LogP contribution in [0.15, 0.2) is 0 Å². The minimum absolute atomic E-state index is 0.399. The van der Waals surface area contributed by atoms with Crippen LogP contribution in [0.2, 0.25) is 0 Å². The molecule has 0 bridgehead atoms. The summed E-state index contributed by atoms with van der Waals surface area (Å²) in [5.74, 6) is -0.418. The summed E-state index contributed by atoms with van der Waals surface area (Å²) in [4.78, 5) is 10.8. The van der Waals surface area contributed by atoms with E-state index in [0.717, 1.165) is 11.0 Å². The molecule has 6 heteroatoms. The topological polar surface area (TPSA) is 75.3 Å². The molecule has 11 heavy (non-hydrogen) atoms. The van der Waals surface area contributed by atoms with Crippen molar-refractivity contribution in [3.8, 4) is 0 Å². The van der Waals surface area contributed by atoms with Crippen LogP contribution in [0.5, 0.6) is 0 Å². The Hall–Kier alpha value is 0.0900. The lowest BCUT2D eigenvalue weighted by Gasteiger charge is -2.07. The van der Waals surface area contributed by atoms with Crippen LogP contribution < -0.4 is 10.5 Å². The summed E-state index contributed by atoms with van der Waals surface area (Å²) in [5, 5.41) is 9.07. The van der Waals surface area contributed by atoms with Crippen LogP contribution in [0, 0.1) is 0 Å². The molecule has 1 unspecified atom stereocenters. The molecule has 0 heterocycles. The second kappa shape index (κ2) is 6.78. The van der Waals surface area contributed by atoms with E-state index in [1.807, 2.05) is 0 Å². The minimum Gasteiger partial charge on any atom is -0.383 e. The van der Waals surface area contributed by atoms with Crippen LogP contribution in [0.4, 0.5) is 0 Å². The molecule has 0 rings (SSSR count). The second-order valence-corrected chi connectivity index (χ2v) is 2.94. The van der Waals surface area contributed by atoms with Crippen molar-refractivity contribution < 1.29 is 9.90 Å². The highest BCUT2D eigenvalue weighted by Gasteiger charge is 2.12. The molecule has 4 N–H and O–H groups in total. The molecule has 0 spiro atoms. The number of hydrogen-bond acceptors (Lipinski definition) is 5. The number of rotatable bonds is 5. The van der Waals surface area contributed by atoms with Crippen LogP contribution in [0.1, 0.15) is 12.8 Å². The van der Waals surface area contributed by atoms with E-state index < -0.39 is 12.0 Å². The third-order valence-electron chi connectivity index (χ3n) is 1.13. The molecule has 0 fully saturated rings. The van der Waals surface area contributed by atoms with E-state index in [1.165, 1.54) is 0 Å². The zero-order valence-corrected chi connectivity index (χ0v) is 7.70. The van der Waals surface area contributed by atoms with Crippen molar-refractivity contribution in [2.24, 2.45) is 5.73 Å². The Balaban J connectivity index is 3.46. The number of aliphatic hydroxyl groups is 1. The van der Waals surface area contributed by atoms with Crippen molar-refractivity contribution in [3.63, 3.8) is 0 Å². The highest BCUT2D eigenvalue weighted by Crippen LogP contribution is 2.01. The highest BCUT2D eigenvalue weighted by molar-refractivity contribution is 8.68. The molecule has 0 aliphatic carbocycles. The maximum Gasteiger partial charge on any atom is 0.259 e. The summed E-state index contributed by atoms with van der Waals surface area (Å²) >= 11 is 3.69. The lowest BCUT2D eigenvalue weighted by molar-refractivity contribution is -0.127. The average Bonchev–Trinajstić information content (AvgIpc) is 2.00. The van der Waals surface area contributed by atoms with E-state index >= 15 is 0 Å². The number of nitrogens with one attached hydrogen (secondary N) is 1. The summed E-state index contributed by atoms with van der Waals surface area (Å²) in [6, 6.07) is 0. The molecular formula is C5H12N2O2S2. The smallest absolute Gasteiger partial charge is 0.259 e. The molecule has 1 amide bonds. The van der Waals surface area contributed by atoms with Gasteiger partial charge in [-0.25, -0.2) is 0 Å². The molecule has 0 aromatic heterocycles. The summed E-state index contributed by atoms with van der Waals surface area (Å²) in [6.07, 6.45) is 0.0841. The van der Waals surface area contributed by atoms with Crippen molar-refractivity contribution >= 4 is 28.5 Å². The number of amides is 1. The van der Waals surface area contributed by atoms with Crippen molar-refractivity contribution in [1.82, 2.24) is 4.72 Å². The lowest BCUT2D eigenvalue weighted by Crippen LogP contribution is -2.29. The number of nitrogens with two attached hydrogens (primary N) is 1. The number of hydrogen-bond donors (Lipinski definition) is 4. The van der Waals surface area contributed by atoms with Gasteiger partial charge in [-0.2, -0.15) is 0 Å². The predicted octanol–water partition coefficient (Wildman–Crippen LogP) is -0.305. The summed E-state index contributed by atoms with van der Waals surface area (Å²) in [7, 11) is 0.875. The maximum atomic E-state index is 10.8. The molecule has 0 aliphatic heterocycles. The van der Waals surface area contributed by atoms with Gasteiger partial charge in [0.05, 0.1) is 0 Å². The normalized spacial score (nSPS) is 12.6. The van der Waals surface area contributed by atoms with Gasteiger partial charge in [0.2, 0.25) is 0 Å². The third kappa shape index (κ3) is 5.37. The molecule has 0 saturated carbocycles. The maximum absolute atomic E-state index is 10.8. The molecule has 0 radical (unpaired) electrons. The van der Waals surface area contributed by atoms with Gasteiger partial charge in [0.1, 0.15) is 6.10 Å². The van der Waals surface area contributed by atoms with Crippen molar-refractivity contribution in [3.05, 3.63) is 0 Å². The van der Waals surface area contributed by atoms with Crippen molar-refractivity contribution in [1.29, 1.82) is 0 Å². The summed E-state index contributed by atoms with van der Waals surface area (Å²) in [5.41, 5.74) is 5.19. The van der Waals surface area contributed by atoms with Gasteiger partial charge in [-0.15, -0.1) is 0 Å². The zero-order chi connectivity index (χ0) is 8.69. The monoisotopic (exact) mass is 196 g/mol. The summed E-state index contributed by atoms with van der Waals surface area (Å²) in [6.45, 7) is 0.484. The fourth-order valence-corrected chi connectivity index (χ4v) is 1.05. The minimum atomic E-state index is -0.960. The van der Waals surface area contributed by atoms with Crippen molar-refractivity contribution in [2.45, 2.75) is 18.9 Å². The Morgan fingerprint density at radius 1 is 1.82 bits per heavy atom. The molecule has 0 aliphatic rings. The van der Waals surface area contributed by atoms with E-state index in [9.17, 15) is 4.79 Å². The Kier molecular flexibility index (Phi) is 6.83. The van der Waals surface area contributed by atoms with Gasteiger partial charge in [0, 0.05) is 11.0 Å². The van der Waals surface area contributed by atoms with Gasteiger partial charge in [0.25, 0.3) is 5.91 Å². The lowest BCUT2D eigenvalue weighted by atomic mass is 10.2. The Bertz CT molecular complexity index is 123. The van der Waals surface area contributed by atoms with Crippen LogP contribution in [0.25, 0.3) is 0 Å². The highest BCUT2D eigenvalue weighted by atomic mass is 33.1. The SMILES string of the molecule is NCCCC(O)C(=O)NSS. The molecule has 0 aromatic rings. The molecule has 1 atom stereocenters. The number of thiol groups is 1. The van der Waals surface area contributed by atoms with E-state index in [4.69, 9.17) is 10.8 Å². The van der Waals surface area contributed by atoms with Crippen molar-refractivity contribution in [2.75, 3.05) is 6.54 Å². The fourth-order valence-electron chi connectivity index (χ4n) is 0.555. The van der Waals surface area contributed by atoms with Crippen LogP contribution >= 0.6 is 22.6 Å². The number of aliphatic hydroxyl groups excluding tert-OH is 1. The molecule has 4 nitrogen and oxygen atoms in total. The Morgan fingerprint density at radius 3 is 2.91 bits per heavy atom. The zero-order valence-electron chi connectivity index (χ0n) is 5.99. The fraction of sp³-hybridized carbons (Fsp3) is 0.800. The first-order valence-corrected chi connectivity index (χ1v) is 5.07. The van der Waals surface area contributed by atoms with Gasteiger partial charge in [-0.3, -0.25) is 9.52 Å². The second-order valence-electron chi connectivity index (χ2n) is 2.00. The van der Waals surface area contributed by atoms with Gasteiger partial charge < -0.3 is 10.8 Å². The predicted molar refractivity (Wildman–Crippen MR) is 49.0 cm³/mol. The largest absolute Gasteiger partial charge is 0.383 e. The molecule has 0 aromatic carbocycles.